The van der Waals surface area contributed by atoms with Crippen LogP contribution in [0.15, 0.2) is 48.5 Å². The molecule has 1 aromatic heterocycles. The third-order valence-electron chi connectivity index (χ3n) is 4.75. The smallest absolute Gasteiger partial charge is 0.251 e. The molecule has 1 saturated heterocycles. The van der Waals surface area contributed by atoms with E-state index in [1.54, 1.807) is 6.07 Å². The van der Waals surface area contributed by atoms with Crippen molar-refractivity contribution >= 4 is 32.6 Å². The predicted octanol–water partition coefficient (Wildman–Crippen LogP) is 2.99. The maximum atomic E-state index is 13.8. The Morgan fingerprint density at radius 3 is 2.59 bits per heavy atom. The van der Waals surface area contributed by atoms with Crippen molar-refractivity contribution < 1.29 is 9.18 Å². The van der Waals surface area contributed by atoms with E-state index in [4.69, 9.17) is 0 Å². The van der Waals surface area contributed by atoms with Gasteiger partial charge in [0.15, 0.2) is 5.13 Å². The first kappa shape index (κ1) is 17.9. The van der Waals surface area contributed by atoms with E-state index in [9.17, 15) is 9.18 Å². The molecule has 1 amide bonds. The molecule has 7 heteroatoms. The van der Waals surface area contributed by atoms with Crippen molar-refractivity contribution in [3.8, 4) is 0 Å². The van der Waals surface area contributed by atoms with Crippen LogP contribution in [0.25, 0.3) is 10.2 Å². The molecule has 0 radical (unpaired) electrons. The van der Waals surface area contributed by atoms with Crippen molar-refractivity contribution in [1.29, 1.82) is 0 Å². The minimum atomic E-state index is -0.261. The minimum absolute atomic E-state index is 0.0364. The summed E-state index contributed by atoms with van der Waals surface area (Å²) in [7, 11) is 0. The molecule has 1 fully saturated rings. The standard InChI is InChI=1S/C20H21FN4OS/c21-16-7-4-8-17-18(16)23-20(27-17)25-13-11-24(12-14-25)10-9-22-19(26)15-5-2-1-3-6-15/h1-8H,9-14H2,(H,22,26). The lowest BCUT2D eigenvalue weighted by Crippen LogP contribution is -2.48. The number of aromatic nitrogens is 1. The summed E-state index contributed by atoms with van der Waals surface area (Å²) in [6, 6.07) is 14.3. The first-order chi connectivity index (χ1) is 13.2. The molecule has 1 aliphatic heterocycles. The molecule has 1 N–H and O–H groups in total. The van der Waals surface area contributed by atoms with Crippen LogP contribution < -0.4 is 10.2 Å². The predicted molar refractivity (Wildman–Crippen MR) is 107 cm³/mol. The van der Waals surface area contributed by atoms with E-state index in [1.807, 2.05) is 36.4 Å². The Hall–Kier alpha value is -2.51. The first-order valence-corrected chi connectivity index (χ1v) is 9.88. The van der Waals surface area contributed by atoms with Gasteiger partial charge in [-0.05, 0) is 24.3 Å². The van der Waals surface area contributed by atoms with Crippen LogP contribution >= 0.6 is 11.3 Å². The van der Waals surface area contributed by atoms with Gasteiger partial charge in [-0.15, -0.1) is 0 Å². The van der Waals surface area contributed by atoms with E-state index < -0.39 is 0 Å². The Morgan fingerprint density at radius 2 is 1.85 bits per heavy atom. The van der Waals surface area contributed by atoms with Crippen molar-refractivity contribution in [2.45, 2.75) is 0 Å². The number of nitrogens with zero attached hydrogens (tertiary/aromatic N) is 3. The number of piperazine rings is 1. The Kier molecular flexibility index (Phi) is 5.31. The maximum absolute atomic E-state index is 13.8. The zero-order valence-electron chi connectivity index (χ0n) is 14.9. The zero-order chi connectivity index (χ0) is 18.6. The Balaban J connectivity index is 1.26. The van der Waals surface area contributed by atoms with Gasteiger partial charge < -0.3 is 10.2 Å². The van der Waals surface area contributed by atoms with Gasteiger partial charge in [0.25, 0.3) is 5.91 Å². The molecule has 5 nitrogen and oxygen atoms in total. The van der Waals surface area contributed by atoms with Gasteiger partial charge in [0.05, 0.1) is 4.70 Å². The average molecular weight is 384 g/mol. The van der Waals surface area contributed by atoms with E-state index >= 15 is 0 Å². The number of nitrogens with one attached hydrogen (secondary N) is 1. The number of carbonyl (C=O) groups excluding carboxylic acids is 1. The highest BCUT2D eigenvalue weighted by atomic mass is 32.1. The SMILES string of the molecule is O=C(NCCN1CCN(c2nc3c(F)cccc3s2)CC1)c1ccccc1. The lowest BCUT2D eigenvalue weighted by atomic mass is 10.2. The van der Waals surface area contributed by atoms with Crippen LogP contribution in [0.1, 0.15) is 10.4 Å². The fourth-order valence-electron chi connectivity index (χ4n) is 3.22. The summed E-state index contributed by atoms with van der Waals surface area (Å²) in [5.74, 6) is -0.298. The van der Waals surface area contributed by atoms with Crippen molar-refractivity contribution in [3.05, 3.63) is 59.9 Å². The Bertz CT molecular complexity index is 922. The molecule has 2 aromatic carbocycles. The second kappa shape index (κ2) is 8.02. The van der Waals surface area contributed by atoms with Crippen molar-refractivity contribution in [2.75, 3.05) is 44.2 Å². The van der Waals surface area contributed by atoms with Crippen molar-refractivity contribution in [3.63, 3.8) is 0 Å². The monoisotopic (exact) mass is 384 g/mol. The zero-order valence-corrected chi connectivity index (χ0v) is 15.7. The molecule has 3 aromatic rings. The van der Waals surface area contributed by atoms with E-state index in [1.165, 1.54) is 17.4 Å². The summed E-state index contributed by atoms with van der Waals surface area (Å²) in [6.45, 7) is 4.96. The second-order valence-electron chi connectivity index (χ2n) is 6.53. The summed E-state index contributed by atoms with van der Waals surface area (Å²) in [5, 5.41) is 3.85. The molecule has 1 aliphatic rings. The van der Waals surface area contributed by atoms with Gasteiger partial charge in [-0.1, -0.05) is 35.6 Å². The number of fused-ring (bicyclic) bond motifs is 1. The van der Waals surface area contributed by atoms with Gasteiger partial charge in [-0.2, -0.15) is 0 Å². The molecule has 4 rings (SSSR count). The summed E-state index contributed by atoms with van der Waals surface area (Å²) < 4.78 is 14.7. The van der Waals surface area contributed by atoms with Gasteiger partial charge in [0.1, 0.15) is 11.3 Å². The number of halogens is 1. The average Bonchev–Trinajstić information content (AvgIpc) is 3.15. The van der Waals surface area contributed by atoms with Crippen LogP contribution in [0.5, 0.6) is 0 Å². The van der Waals surface area contributed by atoms with Crippen LogP contribution in [0.3, 0.4) is 0 Å². The Morgan fingerprint density at radius 1 is 1.07 bits per heavy atom. The summed E-state index contributed by atoms with van der Waals surface area (Å²) in [6.07, 6.45) is 0. The van der Waals surface area contributed by atoms with E-state index in [2.05, 4.69) is 20.1 Å². The molecule has 0 atom stereocenters. The number of hydrogen-bond donors (Lipinski definition) is 1. The number of para-hydroxylation sites is 1. The topological polar surface area (TPSA) is 48.5 Å². The van der Waals surface area contributed by atoms with Crippen LogP contribution in [0.4, 0.5) is 9.52 Å². The van der Waals surface area contributed by atoms with Crippen LogP contribution in [-0.4, -0.2) is 55.1 Å². The Labute approximate surface area is 161 Å². The highest BCUT2D eigenvalue weighted by Gasteiger charge is 2.20. The van der Waals surface area contributed by atoms with Gasteiger partial charge in [0.2, 0.25) is 0 Å². The maximum Gasteiger partial charge on any atom is 0.251 e. The summed E-state index contributed by atoms with van der Waals surface area (Å²) >= 11 is 1.54. The van der Waals surface area contributed by atoms with E-state index in [0.717, 1.165) is 42.6 Å². The number of carbonyl (C=O) groups is 1. The van der Waals surface area contributed by atoms with Crippen LogP contribution in [0, 0.1) is 5.82 Å². The fraction of sp³-hybridized carbons (Fsp3) is 0.300. The van der Waals surface area contributed by atoms with Crippen LogP contribution in [0.2, 0.25) is 0 Å². The van der Waals surface area contributed by atoms with Gasteiger partial charge >= 0.3 is 0 Å². The number of amides is 1. The third-order valence-corrected chi connectivity index (χ3v) is 5.83. The molecule has 0 unspecified atom stereocenters. The van der Waals surface area contributed by atoms with Crippen molar-refractivity contribution in [1.82, 2.24) is 15.2 Å². The highest BCUT2D eigenvalue weighted by molar-refractivity contribution is 7.22. The van der Waals surface area contributed by atoms with E-state index in [-0.39, 0.29) is 11.7 Å². The number of anilines is 1. The molecule has 27 heavy (non-hydrogen) atoms. The van der Waals surface area contributed by atoms with E-state index in [0.29, 0.717) is 17.6 Å². The molecular formula is C20H21FN4OS. The number of thiazole rings is 1. The second-order valence-corrected chi connectivity index (χ2v) is 7.54. The molecule has 2 heterocycles. The molecule has 0 saturated carbocycles. The van der Waals surface area contributed by atoms with Crippen molar-refractivity contribution in [2.24, 2.45) is 0 Å². The molecule has 0 bridgehead atoms. The summed E-state index contributed by atoms with van der Waals surface area (Å²) in [4.78, 5) is 21.1. The quantitative estimate of drug-likeness (QED) is 0.735. The third kappa shape index (κ3) is 4.09. The number of hydrogen-bond acceptors (Lipinski definition) is 5. The first-order valence-electron chi connectivity index (χ1n) is 9.06. The lowest BCUT2D eigenvalue weighted by Gasteiger charge is -2.34. The van der Waals surface area contributed by atoms with Crippen LogP contribution in [-0.2, 0) is 0 Å². The largest absolute Gasteiger partial charge is 0.351 e. The normalized spacial score (nSPS) is 15.2. The molecule has 0 aliphatic carbocycles. The van der Waals surface area contributed by atoms with Gasteiger partial charge in [-0.25, -0.2) is 9.37 Å². The minimum Gasteiger partial charge on any atom is -0.351 e. The number of rotatable bonds is 5. The van der Waals surface area contributed by atoms with Gasteiger partial charge in [-0.3, -0.25) is 9.69 Å². The number of benzene rings is 2. The molecule has 0 spiro atoms. The lowest BCUT2D eigenvalue weighted by molar-refractivity contribution is 0.0948. The van der Waals surface area contributed by atoms with Gasteiger partial charge in [0, 0.05) is 44.8 Å². The summed E-state index contributed by atoms with van der Waals surface area (Å²) in [5.41, 5.74) is 1.15. The molecule has 140 valence electrons. The fourth-order valence-corrected chi connectivity index (χ4v) is 4.25. The highest BCUT2D eigenvalue weighted by Crippen LogP contribution is 2.30. The molecular weight excluding hydrogens is 363 g/mol.